The molecule has 0 bridgehead atoms. The summed E-state index contributed by atoms with van der Waals surface area (Å²) < 4.78 is 19.1. The zero-order chi connectivity index (χ0) is 15.5. The number of benzene rings is 1. The number of methoxy groups -OCH3 is 1. The second-order valence-corrected chi connectivity index (χ2v) is 6.17. The van der Waals surface area contributed by atoms with Gasteiger partial charge < -0.3 is 15.0 Å². The van der Waals surface area contributed by atoms with Gasteiger partial charge in [0.05, 0.1) is 13.2 Å². The zero-order valence-corrected chi connectivity index (χ0v) is 13.6. The summed E-state index contributed by atoms with van der Waals surface area (Å²) in [6.45, 7) is 0. The van der Waals surface area contributed by atoms with E-state index in [9.17, 15) is 4.39 Å². The number of nitrogens with zero attached hydrogens (tertiary/aromatic N) is 1. The van der Waals surface area contributed by atoms with Gasteiger partial charge in [-0.3, -0.25) is 0 Å². The minimum absolute atomic E-state index is 0.0496. The molecule has 0 amide bonds. The van der Waals surface area contributed by atoms with Crippen LogP contribution in [0.4, 0.5) is 4.39 Å². The minimum atomic E-state index is -0.292. The van der Waals surface area contributed by atoms with Crippen molar-refractivity contribution in [1.82, 2.24) is 10.2 Å². The van der Waals surface area contributed by atoms with Crippen molar-refractivity contribution in [2.75, 3.05) is 28.3 Å². The maximum Gasteiger partial charge on any atom is 0.165 e. The Morgan fingerprint density at radius 2 is 1.90 bits per heavy atom. The van der Waals surface area contributed by atoms with Crippen molar-refractivity contribution in [1.29, 1.82) is 0 Å². The third kappa shape index (κ3) is 3.06. The molecule has 1 saturated carbocycles. The fourth-order valence-electron chi connectivity index (χ4n) is 3.77. The Balaban J connectivity index is 2.38. The van der Waals surface area contributed by atoms with E-state index in [0.717, 1.165) is 18.4 Å². The first-order chi connectivity index (χ1) is 10.0. The van der Waals surface area contributed by atoms with Gasteiger partial charge >= 0.3 is 0 Å². The Labute approximate surface area is 127 Å². The molecule has 0 aromatic heterocycles. The molecule has 1 aliphatic carbocycles. The molecule has 1 fully saturated rings. The molecule has 3 nitrogen and oxygen atoms in total. The molecule has 1 N–H and O–H groups in total. The van der Waals surface area contributed by atoms with E-state index < -0.39 is 0 Å². The van der Waals surface area contributed by atoms with Crippen LogP contribution in [-0.2, 0) is 0 Å². The molecule has 2 rings (SSSR count). The molecule has 0 radical (unpaired) electrons. The molecule has 118 valence electrons. The van der Waals surface area contributed by atoms with Crippen LogP contribution in [0.2, 0.25) is 0 Å². The highest BCUT2D eigenvalue weighted by atomic mass is 19.1. The van der Waals surface area contributed by atoms with Crippen molar-refractivity contribution in [3.8, 4) is 5.75 Å². The van der Waals surface area contributed by atoms with Crippen LogP contribution in [0.25, 0.3) is 0 Å². The predicted molar refractivity (Wildman–Crippen MR) is 84.3 cm³/mol. The van der Waals surface area contributed by atoms with Gasteiger partial charge in [0.15, 0.2) is 11.6 Å². The van der Waals surface area contributed by atoms with Crippen LogP contribution in [0.5, 0.6) is 5.75 Å². The van der Waals surface area contributed by atoms with E-state index >= 15 is 0 Å². The summed E-state index contributed by atoms with van der Waals surface area (Å²) >= 11 is 0. The first-order valence-corrected chi connectivity index (χ1v) is 7.73. The molecule has 0 heterocycles. The van der Waals surface area contributed by atoms with Crippen molar-refractivity contribution in [2.45, 2.75) is 43.7 Å². The van der Waals surface area contributed by atoms with Crippen LogP contribution >= 0.6 is 0 Å². The van der Waals surface area contributed by atoms with Gasteiger partial charge in [0.25, 0.3) is 0 Å². The molecule has 0 spiro atoms. The molecule has 1 atom stereocenters. The standard InChI is InChI=1S/C17H27FN2O/c1-19-16(13-8-9-15(21-4)14(18)12-13)17(20(2)3)10-6-5-7-11-17/h8-9,12,16,19H,5-7,10-11H2,1-4H3. The fourth-order valence-corrected chi connectivity index (χ4v) is 3.77. The van der Waals surface area contributed by atoms with E-state index in [1.807, 2.05) is 13.1 Å². The van der Waals surface area contributed by atoms with Gasteiger partial charge in [0.2, 0.25) is 0 Å². The minimum Gasteiger partial charge on any atom is -0.494 e. The van der Waals surface area contributed by atoms with Gasteiger partial charge in [-0.2, -0.15) is 0 Å². The SMILES string of the molecule is CNC(c1ccc(OC)c(F)c1)C1(N(C)C)CCCCC1. The van der Waals surface area contributed by atoms with E-state index in [1.165, 1.54) is 26.4 Å². The lowest BCUT2D eigenvalue weighted by Crippen LogP contribution is -2.54. The van der Waals surface area contributed by atoms with Crippen LogP contribution < -0.4 is 10.1 Å². The molecule has 1 aromatic carbocycles. The Bertz CT molecular complexity index is 470. The van der Waals surface area contributed by atoms with Crippen molar-refractivity contribution in [3.05, 3.63) is 29.6 Å². The number of hydrogen-bond acceptors (Lipinski definition) is 3. The topological polar surface area (TPSA) is 24.5 Å². The van der Waals surface area contributed by atoms with Gasteiger partial charge in [-0.25, -0.2) is 4.39 Å². The summed E-state index contributed by atoms with van der Waals surface area (Å²) in [5.41, 5.74) is 1.04. The predicted octanol–water partition coefficient (Wildman–Crippen LogP) is 3.36. The van der Waals surface area contributed by atoms with Gasteiger partial charge in [-0.1, -0.05) is 25.3 Å². The first-order valence-electron chi connectivity index (χ1n) is 7.73. The highest BCUT2D eigenvalue weighted by molar-refractivity contribution is 5.33. The maximum absolute atomic E-state index is 14.1. The van der Waals surface area contributed by atoms with E-state index in [0.29, 0.717) is 5.75 Å². The number of nitrogens with one attached hydrogen (secondary N) is 1. The maximum atomic E-state index is 14.1. The highest BCUT2D eigenvalue weighted by Gasteiger charge is 2.41. The lowest BCUT2D eigenvalue weighted by Gasteiger charge is -2.48. The van der Waals surface area contributed by atoms with E-state index in [4.69, 9.17) is 4.74 Å². The molecule has 1 aliphatic rings. The monoisotopic (exact) mass is 294 g/mol. The van der Waals surface area contributed by atoms with Crippen LogP contribution in [0.1, 0.15) is 43.7 Å². The summed E-state index contributed by atoms with van der Waals surface area (Å²) in [5, 5.41) is 3.43. The third-order valence-electron chi connectivity index (χ3n) is 4.95. The number of hydrogen-bond donors (Lipinski definition) is 1. The number of rotatable bonds is 5. The molecule has 1 unspecified atom stereocenters. The van der Waals surface area contributed by atoms with Gasteiger partial charge in [0, 0.05) is 5.54 Å². The molecule has 1 aromatic rings. The van der Waals surface area contributed by atoms with Crippen LogP contribution in [0, 0.1) is 5.82 Å². The Morgan fingerprint density at radius 1 is 1.24 bits per heavy atom. The van der Waals surface area contributed by atoms with Crippen LogP contribution in [0.3, 0.4) is 0 Å². The second kappa shape index (κ2) is 6.75. The number of likely N-dealkylation sites (N-methyl/N-ethyl adjacent to an activating group) is 2. The molecule has 0 saturated heterocycles. The fraction of sp³-hybridized carbons (Fsp3) is 0.647. The quantitative estimate of drug-likeness (QED) is 0.901. The normalized spacial score (nSPS) is 19.5. The third-order valence-corrected chi connectivity index (χ3v) is 4.95. The van der Waals surface area contributed by atoms with Gasteiger partial charge in [-0.05, 0) is 51.7 Å². The molecule has 4 heteroatoms. The van der Waals surface area contributed by atoms with Gasteiger partial charge in [-0.15, -0.1) is 0 Å². The van der Waals surface area contributed by atoms with E-state index in [2.05, 4.69) is 24.3 Å². The largest absolute Gasteiger partial charge is 0.494 e. The molecular formula is C17H27FN2O. The van der Waals surface area contributed by atoms with Crippen molar-refractivity contribution >= 4 is 0 Å². The van der Waals surface area contributed by atoms with Crippen molar-refractivity contribution < 1.29 is 9.13 Å². The van der Waals surface area contributed by atoms with Crippen molar-refractivity contribution in [2.24, 2.45) is 0 Å². The molecular weight excluding hydrogens is 267 g/mol. The summed E-state index contributed by atoms with van der Waals surface area (Å²) in [4.78, 5) is 2.31. The van der Waals surface area contributed by atoms with Crippen LogP contribution in [-0.4, -0.2) is 38.7 Å². The Hall–Kier alpha value is -1.13. The highest BCUT2D eigenvalue weighted by Crippen LogP contribution is 2.42. The number of halogens is 1. The van der Waals surface area contributed by atoms with E-state index in [-0.39, 0.29) is 17.4 Å². The Kier molecular flexibility index (Phi) is 5.22. The average Bonchev–Trinajstić information content (AvgIpc) is 2.49. The first kappa shape index (κ1) is 16.2. The number of ether oxygens (including phenoxy) is 1. The summed E-state index contributed by atoms with van der Waals surface area (Å²) in [6.07, 6.45) is 6.03. The van der Waals surface area contributed by atoms with Crippen molar-refractivity contribution in [3.63, 3.8) is 0 Å². The summed E-state index contributed by atoms with van der Waals surface area (Å²) in [5.74, 6) is 0.0103. The van der Waals surface area contributed by atoms with Gasteiger partial charge in [0.1, 0.15) is 0 Å². The Morgan fingerprint density at radius 3 is 2.38 bits per heavy atom. The second-order valence-electron chi connectivity index (χ2n) is 6.17. The zero-order valence-electron chi connectivity index (χ0n) is 13.6. The summed E-state index contributed by atoms with van der Waals surface area (Å²) in [7, 11) is 7.73. The average molecular weight is 294 g/mol. The molecule has 21 heavy (non-hydrogen) atoms. The molecule has 0 aliphatic heterocycles. The smallest absolute Gasteiger partial charge is 0.165 e. The lowest BCUT2D eigenvalue weighted by molar-refractivity contribution is 0.0593. The van der Waals surface area contributed by atoms with E-state index in [1.54, 1.807) is 12.1 Å². The summed E-state index contributed by atoms with van der Waals surface area (Å²) in [6, 6.07) is 5.43. The van der Waals surface area contributed by atoms with Crippen LogP contribution in [0.15, 0.2) is 18.2 Å². The lowest BCUT2D eigenvalue weighted by atomic mass is 9.73.